The summed E-state index contributed by atoms with van der Waals surface area (Å²) in [5, 5.41) is 3.18. The van der Waals surface area contributed by atoms with E-state index in [0.29, 0.717) is 23.9 Å². The molecule has 1 aliphatic rings. The van der Waals surface area contributed by atoms with E-state index in [-0.39, 0.29) is 18.4 Å². The highest BCUT2D eigenvalue weighted by Gasteiger charge is 2.31. The zero-order valence-electron chi connectivity index (χ0n) is 10.9. The number of ether oxygens (including phenoxy) is 4. The minimum Gasteiger partial charge on any atom is -0.493 e. The highest BCUT2D eigenvalue weighted by atomic mass is 35.5. The van der Waals surface area contributed by atoms with Gasteiger partial charge in [0, 0.05) is 6.07 Å². The van der Waals surface area contributed by atoms with Crippen LogP contribution in [0.4, 0.5) is 0 Å². The van der Waals surface area contributed by atoms with Crippen LogP contribution in [0.1, 0.15) is 11.6 Å². The number of fused-ring (bicyclic) bond motifs is 1. The number of methoxy groups -OCH3 is 3. The molecule has 1 atom stereocenters. The third-order valence-corrected chi connectivity index (χ3v) is 2.93. The van der Waals surface area contributed by atoms with Crippen LogP contribution in [0.3, 0.4) is 0 Å². The van der Waals surface area contributed by atoms with E-state index >= 15 is 0 Å². The zero-order valence-corrected chi connectivity index (χ0v) is 11.7. The maximum atomic E-state index is 5.61. The Bertz CT molecular complexity index is 425. The third-order valence-electron chi connectivity index (χ3n) is 2.93. The Morgan fingerprint density at radius 2 is 1.83 bits per heavy atom. The first-order chi connectivity index (χ1) is 8.26. The molecule has 0 amide bonds. The molecule has 1 aromatic carbocycles. The van der Waals surface area contributed by atoms with Crippen molar-refractivity contribution >= 4 is 12.4 Å². The van der Waals surface area contributed by atoms with E-state index in [9.17, 15) is 0 Å². The number of benzene rings is 1. The van der Waals surface area contributed by atoms with Gasteiger partial charge in [0.15, 0.2) is 11.5 Å². The minimum absolute atomic E-state index is 0. The first kappa shape index (κ1) is 14.7. The van der Waals surface area contributed by atoms with E-state index in [0.717, 1.165) is 11.3 Å². The van der Waals surface area contributed by atoms with Gasteiger partial charge in [-0.25, -0.2) is 0 Å². The molecule has 0 saturated carbocycles. The van der Waals surface area contributed by atoms with Gasteiger partial charge in [-0.1, -0.05) is 0 Å². The molecular weight excluding hydrogens is 258 g/mol. The van der Waals surface area contributed by atoms with Gasteiger partial charge in [-0.15, -0.1) is 12.4 Å². The molecule has 6 heteroatoms. The molecule has 0 aromatic heterocycles. The quantitative estimate of drug-likeness (QED) is 0.908. The lowest BCUT2D eigenvalue weighted by Crippen LogP contribution is -2.17. The molecule has 1 heterocycles. The summed E-state index contributed by atoms with van der Waals surface area (Å²) in [5.41, 5.74) is 0.979. The second kappa shape index (κ2) is 6.02. The van der Waals surface area contributed by atoms with Gasteiger partial charge >= 0.3 is 0 Å². The topological polar surface area (TPSA) is 49.0 Å². The molecule has 18 heavy (non-hydrogen) atoms. The summed E-state index contributed by atoms with van der Waals surface area (Å²) >= 11 is 0. The summed E-state index contributed by atoms with van der Waals surface area (Å²) in [6.45, 7) is 0.582. The lowest BCUT2D eigenvalue weighted by Gasteiger charge is -2.17. The number of halogens is 1. The molecule has 0 fully saturated rings. The van der Waals surface area contributed by atoms with Crippen LogP contribution < -0.4 is 24.3 Å². The second-order valence-electron chi connectivity index (χ2n) is 3.71. The molecule has 0 bridgehead atoms. The van der Waals surface area contributed by atoms with Crippen molar-refractivity contribution in [3.63, 3.8) is 0 Å². The molecule has 2 rings (SSSR count). The van der Waals surface area contributed by atoms with Crippen molar-refractivity contribution in [2.24, 2.45) is 0 Å². The molecule has 102 valence electrons. The molecule has 1 aliphatic heterocycles. The van der Waals surface area contributed by atoms with Gasteiger partial charge in [-0.2, -0.15) is 0 Å². The lowest BCUT2D eigenvalue weighted by atomic mass is 10.1. The molecule has 0 aliphatic carbocycles. The number of rotatable bonds is 4. The van der Waals surface area contributed by atoms with Gasteiger partial charge in [-0.05, 0) is 7.05 Å². The van der Waals surface area contributed by atoms with Gasteiger partial charge in [0.25, 0.3) is 0 Å². The highest BCUT2D eigenvalue weighted by molar-refractivity contribution is 5.85. The fourth-order valence-corrected chi connectivity index (χ4v) is 2.09. The molecule has 0 spiro atoms. The average Bonchev–Trinajstić information content (AvgIpc) is 2.78. The zero-order chi connectivity index (χ0) is 12.4. The normalized spacial score (nSPS) is 16.3. The molecule has 1 aromatic rings. The van der Waals surface area contributed by atoms with Gasteiger partial charge < -0.3 is 24.3 Å². The fraction of sp³-hybridized carbons (Fsp3) is 0.500. The number of hydrogen-bond donors (Lipinski definition) is 1. The lowest BCUT2D eigenvalue weighted by molar-refractivity contribution is 0.315. The van der Waals surface area contributed by atoms with Crippen LogP contribution >= 0.6 is 12.4 Å². The summed E-state index contributed by atoms with van der Waals surface area (Å²) < 4.78 is 21.6. The van der Waals surface area contributed by atoms with Crippen LogP contribution in [0.15, 0.2) is 6.07 Å². The van der Waals surface area contributed by atoms with Crippen LogP contribution in [0.25, 0.3) is 0 Å². The van der Waals surface area contributed by atoms with Crippen LogP contribution in [-0.2, 0) is 0 Å². The predicted molar refractivity (Wildman–Crippen MR) is 70.6 cm³/mol. The van der Waals surface area contributed by atoms with Crippen molar-refractivity contribution in [2.75, 3.05) is 35.0 Å². The highest BCUT2D eigenvalue weighted by Crippen LogP contribution is 2.49. The standard InChI is InChI=1S/C12H17NO4.ClH/c1-13-7-6-17-8-5-9(14-2)11(15-3)12(16-4)10(7)8;/h5,7,13H,6H2,1-4H3;1H. The van der Waals surface area contributed by atoms with Gasteiger partial charge in [0.1, 0.15) is 12.4 Å². The van der Waals surface area contributed by atoms with Crippen molar-refractivity contribution < 1.29 is 18.9 Å². The molecular formula is C12H18ClNO4. The molecule has 0 saturated heterocycles. The van der Waals surface area contributed by atoms with Crippen LogP contribution in [-0.4, -0.2) is 35.0 Å². The van der Waals surface area contributed by atoms with Gasteiger partial charge in [0.05, 0.1) is 32.9 Å². The van der Waals surface area contributed by atoms with Gasteiger partial charge in [-0.3, -0.25) is 0 Å². The SMILES string of the molecule is CNC1COc2cc(OC)c(OC)c(OC)c21.Cl. The van der Waals surface area contributed by atoms with E-state index < -0.39 is 0 Å². The van der Waals surface area contributed by atoms with Gasteiger partial charge in [0.2, 0.25) is 5.75 Å². The third kappa shape index (κ3) is 2.15. The summed E-state index contributed by atoms with van der Waals surface area (Å²) in [5.74, 6) is 2.65. The molecule has 0 radical (unpaired) electrons. The fourth-order valence-electron chi connectivity index (χ4n) is 2.09. The average molecular weight is 276 g/mol. The summed E-state index contributed by atoms with van der Waals surface area (Å²) in [6, 6.07) is 1.94. The minimum atomic E-state index is 0. The maximum absolute atomic E-state index is 5.61. The first-order valence-corrected chi connectivity index (χ1v) is 5.39. The summed E-state index contributed by atoms with van der Waals surface area (Å²) in [4.78, 5) is 0. The molecule has 1 N–H and O–H groups in total. The van der Waals surface area contributed by atoms with E-state index in [1.807, 2.05) is 13.1 Å². The Kier molecular flexibility index (Phi) is 4.93. The van der Waals surface area contributed by atoms with E-state index in [2.05, 4.69) is 5.32 Å². The van der Waals surface area contributed by atoms with E-state index in [4.69, 9.17) is 18.9 Å². The Balaban J connectivity index is 0.00000162. The van der Waals surface area contributed by atoms with Crippen molar-refractivity contribution in [1.82, 2.24) is 5.32 Å². The van der Waals surface area contributed by atoms with Crippen molar-refractivity contribution in [3.8, 4) is 23.0 Å². The molecule has 1 unspecified atom stereocenters. The Morgan fingerprint density at radius 3 is 2.33 bits per heavy atom. The van der Waals surface area contributed by atoms with E-state index in [1.54, 1.807) is 21.3 Å². The Labute approximate surface area is 113 Å². The first-order valence-electron chi connectivity index (χ1n) is 5.39. The van der Waals surface area contributed by atoms with Crippen LogP contribution in [0.5, 0.6) is 23.0 Å². The summed E-state index contributed by atoms with van der Waals surface area (Å²) in [7, 11) is 6.69. The van der Waals surface area contributed by atoms with Crippen LogP contribution in [0, 0.1) is 0 Å². The van der Waals surface area contributed by atoms with E-state index in [1.165, 1.54) is 0 Å². The Hall–Kier alpha value is -1.33. The smallest absolute Gasteiger partial charge is 0.203 e. The number of likely N-dealkylation sites (N-methyl/N-ethyl adjacent to an activating group) is 1. The largest absolute Gasteiger partial charge is 0.493 e. The monoisotopic (exact) mass is 275 g/mol. The number of hydrogen-bond acceptors (Lipinski definition) is 5. The van der Waals surface area contributed by atoms with Crippen molar-refractivity contribution in [1.29, 1.82) is 0 Å². The van der Waals surface area contributed by atoms with Crippen molar-refractivity contribution in [3.05, 3.63) is 11.6 Å². The summed E-state index contributed by atoms with van der Waals surface area (Å²) in [6.07, 6.45) is 0. The second-order valence-corrected chi connectivity index (χ2v) is 3.71. The number of nitrogens with one attached hydrogen (secondary N) is 1. The predicted octanol–water partition coefficient (Wildman–Crippen LogP) is 1.79. The van der Waals surface area contributed by atoms with Crippen LogP contribution in [0.2, 0.25) is 0 Å². The molecule has 5 nitrogen and oxygen atoms in total. The Morgan fingerprint density at radius 1 is 1.17 bits per heavy atom. The maximum Gasteiger partial charge on any atom is 0.203 e. The van der Waals surface area contributed by atoms with Crippen molar-refractivity contribution in [2.45, 2.75) is 6.04 Å².